The number of nitrogens with zero attached hydrogens (tertiary/aromatic N) is 1. The third-order valence-electron chi connectivity index (χ3n) is 3.66. The molecule has 2 aliphatic rings. The molecule has 0 aromatic heterocycles. The summed E-state index contributed by atoms with van der Waals surface area (Å²) in [7, 11) is 0. The first kappa shape index (κ1) is 24.9. The van der Waals surface area contributed by atoms with Gasteiger partial charge in [0.15, 0.2) is 0 Å². The molecule has 2 atom stereocenters. The second-order valence-corrected chi connectivity index (χ2v) is 5.56. The van der Waals surface area contributed by atoms with Crippen molar-refractivity contribution in [3.8, 4) is 0 Å². The smallest absolute Gasteiger partial charge is 0.475 e. The van der Waals surface area contributed by atoms with Crippen LogP contribution in [0.1, 0.15) is 12.8 Å². The van der Waals surface area contributed by atoms with Crippen molar-refractivity contribution in [2.45, 2.75) is 31.2 Å². The number of carbonyl (C=O) groups is 3. The molecule has 2 rings (SSSR count). The fourth-order valence-corrected chi connectivity index (χ4v) is 2.24. The number of carbonyl (C=O) groups excluding carboxylic acids is 1. The number of likely N-dealkylation sites (tertiary alicyclic amines) is 1. The summed E-state index contributed by atoms with van der Waals surface area (Å²) in [6.45, 7) is 4.07. The second-order valence-electron chi connectivity index (χ2n) is 5.56. The number of hydrogen-bond donors (Lipinski definition) is 4. The number of rotatable bonds is 2. The summed E-state index contributed by atoms with van der Waals surface area (Å²) in [6, 6.07) is 0.410. The average Bonchev–Trinajstić information content (AvgIpc) is 2.45. The maximum atomic E-state index is 11.2. The zero-order valence-electron chi connectivity index (χ0n) is 13.8. The molecule has 0 saturated carbocycles. The average molecular weight is 411 g/mol. The third-order valence-corrected chi connectivity index (χ3v) is 3.66. The maximum absolute atomic E-state index is 11.2. The van der Waals surface area contributed by atoms with Crippen LogP contribution in [-0.2, 0) is 14.4 Å². The van der Waals surface area contributed by atoms with E-state index in [0.717, 1.165) is 32.6 Å². The highest BCUT2D eigenvalue weighted by molar-refractivity contribution is 5.77. The Morgan fingerprint density at radius 2 is 1.37 bits per heavy atom. The van der Waals surface area contributed by atoms with Crippen molar-refractivity contribution in [2.75, 3.05) is 26.2 Å². The van der Waals surface area contributed by atoms with Gasteiger partial charge in [0.25, 0.3) is 0 Å². The van der Waals surface area contributed by atoms with Crippen LogP contribution in [0.4, 0.5) is 26.3 Å². The maximum Gasteiger partial charge on any atom is 0.490 e. The SMILES string of the molecule is NC(=O)C1CNCCC1N1CCC1.O=C(O)C(F)(F)F.O=C(O)C(F)(F)F. The van der Waals surface area contributed by atoms with Crippen LogP contribution >= 0.6 is 0 Å². The number of nitrogens with one attached hydrogen (secondary N) is 1. The summed E-state index contributed by atoms with van der Waals surface area (Å²) < 4.78 is 63.5. The highest BCUT2D eigenvalue weighted by atomic mass is 19.4. The third kappa shape index (κ3) is 9.42. The molecule has 2 saturated heterocycles. The lowest BCUT2D eigenvalue weighted by Gasteiger charge is -2.43. The van der Waals surface area contributed by atoms with Gasteiger partial charge in [0.1, 0.15) is 0 Å². The van der Waals surface area contributed by atoms with Gasteiger partial charge in [-0.15, -0.1) is 0 Å². The Hall–Kier alpha value is -2.09. The Labute approximate surface area is 149 Å². The number of carboxylic acid groups (broad SMARTS) is 2. The summed E-state index contributed by atoms with van der Waals surface area (Å²) in [4.78, 5) is 31.3. The predicted octanol–water partition coefficient (Wildman–Crippen LogP) is 0.422. The Morgan fingerprint density at radius 1 is 0.963 bits per heavy atom. The number of piperidine rings is 1. The largest absolute Gasteiger partial charge is 0.490 e. The number of carboxylic acids is 2. The summed E-state index contributed by atoms with van der Waals surface area (Å²) >= 11 is 0. The van der Waals surface area contributed by atoms with Crippen LogP contribution in [-0.4, -0.2) is 77.5 Å². The number of primary amides is 1. The predicted molar refractivity (Wildman–Crippen MR) is 77.5 cm³/mol. The minimum absolute atomic E-state index is 0.0223. The first-order chi connectivity index (χ1) is 12.2. The fourth-order valence-electron chi connectivity index (χ4n) is 2.24. The van der Waals surface area contributed by atoms with E-state index in [1.165, 1.54) is 6.42 Å². The Bertz CT molecular complexity index is 498. The Kier molecular flexibility index (Phi) is 9.50. The molecule has 0 radical (unpaired) electrons. The van der Waals surface area contributed by atoms with E-state index in [1.807, 2.05) is 0 Å². The van der Waals surface area contributed by atoms with Gasteiger partial charge in [0, 0.05) is 12.6 Å². The molecule has 8 nitrogen and oxygen atoms in total. The van der Waals surface area contributed by atoms with Gasteiger partial charge in [-0.25, -0.2) is 9.59 Å². The van der Waals surface area contributed by atoms with Crippen molar-refractivity contribution >= 4 is 17.8 Å². The summed E-state index contributed by atoms with van der Waals surface area (Å²) in [6.07, 6.45) is -7.83. The number of nitrogens with two attached hydrogens (primary N) is 1. The van der Waals surface area contributed by atoms with Crippen molar-refractivity contribution < 1.29 is 50.9 Å². The molecule has 0 bridgehead atoms. The molecule has 2 heterocycles. The van der Waals surface area contributed by atoms with Gasteiger partial charge >= 0.3 is 24.3 Å². The van der Waals surface area contributed by atoms with Gasteiger partial charge in [0.2, 0.25) is 5.91 Å². The zero-order valence-corrected chi connectivity index (χ0v) is 13.8. The van der Waals surface area contributed by atoms with Gasteiger partial charge in [-0.1, -0.05) is 0 Å². The molecule has 2 unspecified atom stereocenters. The molecule has 14 heteroatoms. The monoisotopic (exact) mass is 411 g/mol. The van der Waals surface area contributed by atoms with E-state index in [4.69, 9.17) is 25.5 Å². The molecule has 0 aromatic carbocycles. The molecule has 2 fully saturated rings. The molecular weight excluding hydrogens is 392 g/mol. The van der Waals surface area contributed by atoms with Crippen LogP contribution in [0.25, 0.3) is 0 Å². The number of hydrogen-bond acceptors (Lipinski definition) is 5. The summed E-state index contributed by atoms with van der Waals surface area (Å²) in [5.74, 6) is -5.64. The molecule has 158 valence electrons. The molecule has 0 aliphatic carbocycles. The summed E-state index contributed by atoms with van der Waals surface area (Å²) in [5, 5.41) is 17.5. The van der Waals surface area contributed by atoms with Gasteiger partial charge in [-0.2, -0.15) is 26.3 Å². The van der Waals surface area contributed by atoms with Crippen molar-refractivity contribution in [3.05, 3.63) is 0 Å². The highest BCUT2D eigenvalue weighted by Gasteiger charge is 2.39. The van der Waals surface area contributed by atoms with Crippen LogP contribution < -0.4 is 11.1 Å². The van der Waals surface area contributed by atoms with Gasteiger partial charge in [0.05, 0.1) is 5.92 Å². The van der Waals surface area contributed by atoms with E-state index in [2.05, 4.69) is 10.2 Å². The van der Waals surface area contributed by atoms with E-state index in [1.54, 1.807) is 0 Å². The molecule has 0 aromatic rings. The standard InChI is InChI=1S/C9H17N3O.2C2HF3O2/c10-9(13)7-6-11-3-2-8(7)12-4-1-5-12;2*3-2(4,5)1(6)7/h7-8,11H,1-6H2,(H2,10,13);2*(H,6,7). The molecule has 1 amide bonds. The molecule has 27 heavy (non-hydrogen) atoms. The number of aliphatic carboxylic acids is 2. The van der Waals surface area contributed by atoms with Gasteiger partial charge in [-0.05, 0) is 32.5 Å². The van der Waals surface area contributed by atoms with Crippen LogP contribution in [0.3, 0.4) is 0 Å². The van der Waals surface area contributed by atoms with E-state index in [0.29, 0.717) is 6.04 Å². The number of halogens is 6. The second kappa shape index (κ2) is 10.3. The first-order valence-electron chi connectivity index (χ1n) is 7.52. The lowest BCUT2D eigenvalue weighted by atomic mass is 9.89. The first-order valence-corrected chi connectivity index (χ1v) is 7.52. The highest BCUT2D eigenvalue weighted by Crippen LogP contribution is 2.22. The quantitative estimate of drug-likeness (QED) is 0.484. The number of alkyl halides is 6. The van der Waals surface area contributed by atoms with Crippen molar-refractivity contribution in [3.63, 3.8) is 0 Å². The van der Waals surface area contributed by atoms with Crippen LogP contribution in [0.5, 0.6) is 0 Å². The Morgan fingerprint density at radius 3 is 1.63 bits per heavy atom. The van der Waals surface area contributed by atoms with Crippen LogP contribution in [0.15, 0.2) is 0 Å². The fraction of sp³-hybridized carbons (Fsp3) is 0.769. The van der Waals surface area contributed by atoms with E-state index in [-0.39, 0.29) is 11.8 Å². The van der Waals surface area contributed by atoms with Crippen LogP contribution in [0.2, 0.25) is 0 Å². The topological polar surface area (TPSA) is 133 Å². The van der Waals surface area contributed by atoms with Crippen molar-refractivity contribution in [1.82, 2.24) is 10.2 Å². The summed E-state index contributed by atoms with van der Waals surface area (Å²) in [5.41, 5.74) is 5.37. The van der Waals surface area contributed by atoms with Gasteiger partial charge < -0.3 is 21.3 Å². The van der Waals surface area contributed by atoms with E-state index < -0.39 is 24.3 Å². The Balaban J connectivity index is 0.000000416. The normalized spacial score (nSPS) is 22.9. The zero-order chi connectivity index (χ0) is 21.4. The van der Waals surface area contributed by atoms with Crippen LogP contribution in [0, 0.1) is 5.92 Å². The minimum atomic E-state index is -5.08. The van der Waals surface area contributed by atoms with Gasteiger partial charge in [-0.3, -0.25) is 9.69 Å². The molecule has 0 spiro atoms. The molecule has 5 N–H and O–H groups in total. The molecule has 2 aliphatic heterocycles. The van der Waals surface area contributed by atoms with E-state index >= 15 is 0 Å². The van der Waals surface area contributed by atoms with E-state index in [9.17, 15) is 31.1 Å². The minimum Gasteiger partial charge on any atom is -0.475 e. The number of amides is 1. The van der Waals surface area contributed by atoms with Crippen molar-refractivity contribution in [1.29, 1.82) is 0 Å². The lowest BCUT2D eigenvalue weighted by molar-refractivity contribution is -0.193. The molecular formula is C13H19F6N3O5. The lowest BCUT2D eigenvalue weighted by Crippen LogP contribution is -2.57. The van der Waals surface area contributed by atoms with Crippen molar-refractivity contribution in [2.24, 2.45) is 11.7 Å².